The van der Waals surface area contributed by atoms with Crippen LogP contribution in [0.5, 0.6) is 0 Å². The van der Waals surface area contributed by atoms with Gasteiger partial charge in [0.2, 0.25) is 5.91 Å². The van der Waals surface area contributed by atoms with Gasteiger partial charge in [0.1, 0.15) is 0 Å². The summed E-state index contributed by atoms with van der Waals surface area (Å²) < 4.78 is 0. The van der Waals surface area contributed by atoms with Gasteiger partial charge in [0, 0.05) is 13.1 Å². The number of piperidine rings is 1. The molecule has 4 aliphatic carbocycles. The fourth-order valence-electron chi connectivity index (χ4n) is 7.19. The van der Waals surface area contributed by atoms with Crippen molar-refractivity contribution in [2.24, 2.45) is 17.3 Å². The van der Waals surface area contributed by atoms with Crippen LogP contribution in [0.1, 0.15) is 68.9 Å². The molecule has 1 saturated heterocycles. The molecule has 1 aromatic rings. The standard InChI is InChI=1S/C23H31NO/c1-17-5-7-20(8-6-17)22-12-18-11-19(13-22)15-23(14-18,16-22)21(25)24-9-3-2-4-10-24/h5-8,18-19H,2-4,9-16H2,1H3/t18-,19-,22?,23?/m0/s1. The molecule has 6 rings (SSSR count). The summed E-state index contributed by atoms with van der Waals surface area (Å²) in [4.78, 5) is 15.8. The van der Waals surface area contributed by atoms with Crippen molar-refractivity contribution in [2.75, 3.05) is 13.1 Å². The lowest BCUT2D eigenvalue weighted by atomic mass is 9.42. The van der Waals surface area contributed by atoms with Gasteiger partial charge in [-0.1, -0.05) is 29.8 Å². The highest BCUT2D eigenvalue weighted by Gasteiger charge is 2.61. The zero-order valence-corrected chi connectivity index (χ0v) is 15.6. The number of carbonyl (C=O) groups excluding carboxylic acids is 1. The number of carbonyl (C=O) groups is 1. The van der Waals surface area contributed by atoms with Gasteiger partial charge in [-0.3, -0.25) is 4.79 Å². The van der Waals surface area contributed by atoms with Crippen molar-refractivity contribution >= 4 is 5.91 Å². The summed E-state index contributed by atoms with van der Waals surface area (Å²) in [5, 5.41) is 0. The Hall–Kier alpha value is -1.31. The minimum absolute atomic E-state index is 0.0354. The summed E-state index contributed by atoms with van der Waals surface area (Å²) in [6, 6.07) is 9.27. The Kier molecular flexibility index (Phi) is 3.56. The van der Waals surface area contributed by atoms with E-state index in [1.807, 2.05) is 0 Å². The molecule has 4 saturated carbocycles. The predicted molar refractivity (Wildman–Crippen MR) is 100 cm³/mol. The first-order chi connectivity index (χ1) is 12.1. The van der Waals surface area contributed by atoms with Crippen molar-refractivity contribution in [1.29, 1.82) is 0 Å². The number of aryl methyl sites for hydroxylation is 1. The minimum atomic E-state index is -0.0354. The van der Waals surface area contributed by atoms with Crippen LogP contribution in [0.4, 0.5) is 0 Å². The fraction of sp³-hybridized carbons (Fsp3) is 0.696. The highest BCUT2D eigenvalue weighted by Crippen LogP contribution is 2.66. The van der Waals surface area contributed by atoms with Gasteiger partial charge in [-0.15, -0.1) is 0 Å². The molecule has 0 radical (unpaired) electrons. The van der Waals surface area contributed by atoms with Crippen LogP contribution in [0.3, 0.4) is 0 Å². The summed E-state index contributed by atoms with van der Waals surface area (Å²) >= 11 is 0. The summed E-state index contributed by atoms with van der Waals surface area (Å²) in [5.74, 6) is 2.07. The third-order valence-corrected chi connectivity index (χ3v) is 7.82. The quantitative estimate of drug-likeness (QED) is 0.756. The van der Waals surface area contributed by atoms with E-state index in [1.54, 1.807) is 0 Å². The molecule has 5 fully saturated rings. The zero-order chi connectivity index (χ0) is 17.1. The van der Waals surface area contributed by atoms with Crippen molar-refractivity contribution in [3.05, 3.63) is 35.4 Å². The number of amides is 1. The van der Waals surface area contributed by atoms with Gasteiger partial charge in [0.15, 0.2) is 0 Å². The molecule has 1 heterocycles. The van der Waals surface area contributed by atoms with Crippen LogP contribution in [0.15, 0.2) is 24.3 Å². The van der Waals surface area contributed by atoms with Crippen LogP contribution in [-0.4, -0.2) is 23.9 Å². The van der Waals surface area contributed by atoms with Gasteiger partial charge in [-0.2, -0.15) is 0 Å². The predicted octanol–water partition coefficient (Wildman–Crippen LogP) is 4.85. The fourth-order valence-corrected chi connectivity index (χ4v) is 7.19. The summed E-state index contributed by atoms with van der Waals surface area (Å²) in [7, 11) is 0. The maximum absolute atomic E-state index is 13.6. The average Bonchev–Trinajstić information content (AvgIpc) is 2.61. The maximum atomic E-state index is 13.6. The van der Waals surface area contributed by atoms with Crippen molar-refractivity contribution in [1.82, 2.24) is 4.90 Å². The van der Waals surface area contributed by atoms with Crippen LogP contribution in [0.25, 0.3) is 0 Å². The van der Waals surface area contributed by atoms with Gasteiger partial charge in [-0.25, -0.2) is 0 Å². The summed E-state index contributed by atoms with van der Waals surface area (Å²) in [6.07, 6.45) is 11.2. The number of benzene rings is 1. The Balaban J connectivity index is 1.50. The molecule has 0 aromatic heterocycles. The van der Waals surface area contributed by atoms with E-state index in [2.05, 4.69) is 36.1 Å². The van der Waals surface area contributed by atoms with E-state index in [1.165, 1.54) is 62.5 Å². The van der Waals surface area contributed by atoms with E-state index >= 15 is 0 Å². The molecule has 25 heavy (non-hydrogen) atoms. The molecule has 4 bridgehead atoms. The summed E-state index contributed by atoms with van der Waals surface area (Å²) in [5.41, 5.74) is 3.10. The maximum Gasteiger partial charge on any atom is 0.228 e. The Labute approximate surface area is 152 Å². The lowest BCUT2D eigenvalue weighted by Crippen LogP contribution is -2.60. The molecule has 1 amide bonds. The Morgan fingerprint density at radius 3 is 2.24 bits per heavy atom. The number of hydrogen-bond acceptors (Lipinski definition) is 1. The number of nitrogens with zero attached hydrogens (tertiary/aromatic N) is 1. The van der Waals surface area contributed by atoms with Crippen LogP contribution in [0, 0.1) is 24.2 Å². The third-order valence-electron chi connectivity index (χ3n) is 7.82. The second-order valence-electron chi connectivity index (χ2n) is 9.74. The van der Waals surface area contributed by atoms with Crippen LogP contribution in [-0.2, 0) is 10.2 Å². The van der Waals surface area contributed by atoms with E-state index < -0.39 is 0 Å². The molecule has 2 atom stereocenters. The van der Waals surface area contributed by atoms with E-state index in [9.17, 15) is 4.79 Å². The molecule has 0 N–H and O–H groups in total. The lowest BCUT2D eigenvalue weighted by molar-refractivity contribution is -0.161. The molecule has 0 spiro atoms. The van der Waals surface area contributed by atoms with Crippen molar-refractivity contribution in [2.45, 2.75) is 70.1 Å². The second-order valence-corrected chi connectivity index (χ2v) is 9.74. The normalized spacial score (nSPS) is 39.6. The monoisotopic (exact) mass is 337 g/mol. The lowest BCUT2D eigenvalue weighted by Gasteiger charge is -2.62. The highest BCUT2D eigenvalue weighted by molar-refractivity contribution is 5.83. The molecule has 134 valence electrons. The SMILES string of the molecule is Cc1ccc(C23C[C@@H]4C[C@H](CC(C(=O)N5CCCCC5)(C4)C2)C3)cc1. The second kappa shape index (κ2) is 5.59. The average molecular weight is 338 g/mol. The molecule has 5 aliphatic rings. The van der Waals surface area contributed by atoms with Crippen LogP contribution in [0.2, 0.25) is 0 Å². The Bertz CT molecular complexity index is 656. The van der Waals surface area contributed by atoms with Crippen LogP contribution >= 0.6 is 0 Å². The zero-order valence-electron chi connectivity index (χ0n) is 15.6. The van der Waals surface area contributed by atoms with Gasteiger partial charge < -0.3 is 4.90 Å². The molecule has 1 aliphatic heterocycles. The third kappa shape index (κ3) is 2.47. The summed E-state index contributed by atoms with van der Waals surface area (Å²) in [6.45, 7) is 4.19. The molecule has 0 unspecified atom stereocenters. The Morgan fingerprint density at radius 1 is 0.960 bits per heavy atom. The van der Waals surface area contributed by atoms with E-state index in [-0.39, 0.29) is 10.8 Å². The molecular formula is C23H31NO. The number of rotatable bonds is 2. The Morgan fingerprint density at radius 2 is 1.60 bits per heavy atom. The number of likely N-dealkylation sites (tertiary alicyclic amines) is 1. The van der Waals surface area contributed by atoms with Gasteiger partial charge in [0.25, 0.3) is 0 Å². The smallest absolute Gasteiger partial charge is 0.228 e. The molecule has 1 aromatic carbocycles. The topological polar surface area (TPSA) is 20.3 Å². The van der Waals surface area contributed by atoms with E-state index in [0.29, 0.717) is 5.91 Å². The first-order valence-corrected chi connectivity index (χ1v) is 10.5. The molecule has 2 nitrogen and oxygen atoms in total. The number of hydrogen-bond donors (Lipinski definition) is 0. The van der Waals surface area contributed by atoms with Crippen LogP contribution < -0.4 is 0 Å². The first kappa shape index (κ1) is 15.9. The van der Waals surface area contributed by atoms with Gasteiger partial charge in [0.05, 0.1) is 5.41 Å². The first-order valence-electron chi connectivity index (χ1n) is 10.5. The van der Waals surface area contributed by atoms with Crippen molar-refractivity contribution in [3.63, 3.8) is 0 Å². The minimum Gasteiger partial charge on any atom is -0.342 e. The van der Waals surface area contributed by atoms with Crippen molar-refractivity contribution in [3.8, 4) is 0 Å². The van der Waals surface area contributed by atoms with Gasteiger partial charge in [-0.05, 0) is 87.5 Å². The van der Waals surface area contributed by atoms with Crippen molar-refractivity contribution < 1.29 is 4.79 Å². The molecular weight excluding hydrogens is 306 g/mol. The van der Waals surface area contributed by atoms with E-state index in [4.69, 9.17) is 0 Å². The molecule has 2 heteroatoms. The highest BCUT2D eigenvalue weighted by atomic mass is 16.2. The van der Waals surface area contributed by atoms with Gasteiger partial charge >= 0.3 is 0 Å². The largest absolute Gasteiger partial charge is 0.342 e. The van der Waals surface area contributed by atoms with E-state index in [0.717, 1.165) is 31.3 Å².